The van der Waals surface area contributed by atoms with Crippen LogP contribution in [0.1, 0.15) is 26.0 Å². The van der Waals surface area contributed by atoms with Crippen LogP contribution in [0.3, 0.4) is 0 Å². The van der Waals surface area contributed by atoms with Crippen molar-refractivity contribution in [2.24, 2.45) is 0 Å². The lowest BCUT2D eigenvalue weighted by molar-refractivity contribution is 0.761. The van der Waals surface area contributed by atoms with Gasteiger partial charge in [-0.1, -0.05) is 13.3 Å². The smallest absolute Gasteiger partial charge is 0.180 e. The molecule has 2 heterocycles. The van der Waals surface area contributed by atoms with Gasteiger partial charge in [0.15, 0.2) is 5.82 Å². The molecular weight excluding hydrogens is 294 g/mol. The molecule has 0 aliphatic heterocycles. The Kier molecular flexibility index (Phi) is 3.96. The number of nitrogens with zero attached hydrogens (tertiary/aromatic N) is 4. The molecule has 0 saturated carbocycles. The molecule has 0 atom stereocenters. The van der Waals surface area contributed by atoms with Crippen LogP contribution in [0.25, 0.3) is 11.5 Å². The summed E-state index contributed by atoms with van der Waals surface area (Å²) < 4.78 is 2.80. The first-order valence-corrected chi connectivity index (χ1v) is 6.79. The minimum absolute atomic E-state index is 0.479. The first kappa shape index (κ1) is 13.0. The van der Waals surface area contributed by atoms with Crippen molar-refractivity contribution in [3.05, 3.63) is 22.7 Å². The van der Waals surface area contributed by atoms with Gasteiger partial charge in [0.2, 0.25) is 0 Å². The Morgan fingerprint density at radius 2 is 2.11 bits per heavy atom. The largest absolute Gasteiger partial charge is 0.383 e. The van der Waals surface area contributed by atoms with E-state index in [1.54, 1.807) is 12.5 Å². The SMILES string of the molecule is CCCc1nc(-c2cncn2CC)nc(N)c1Br. The summed E-state index contributed by atoms with van der Waals surface area (Å²) in [5, 5.41) is 0. The highest BCUT2D eigenvalue weighted by atomic mass is 79.9. The number of halogens is 1. The van der Waals surface area contributed by atoms with E-state index in [0.717, 1.165) is 35.2 Å². The normalized spacial score (nSPS) is 10.8. The standard InChI is InChI=1S/C12H16BrN5/c1-3-5-8-10(13)11(14)17-12(16-8)9-6-15-7-18(9)4-2/h6-7H,3-5H2,1-2H3,(H2,14,16,17). The Labute approximate surface area is 115 Å². The van der Waals surface area contributed by atoms with Crippen molar-refractivity contribution >= 4 is 21.7 Å². The molecule has 0 saturated heterocycles. The third kappa shape index (κ3) is 2.38. The van der Waals surface area contributed by atoms with Gasteiger partial charge >= 0.3 is 0 Å². The fraction of sp³-hybridized carbons (Fsp3) is 0.417. The summed E-state index contributed by atoms with van der Waals surface area (Å²) in [5.74, 6) is 1.12. The number of aryl methyl sites for hydroxylation is 2. The van der Waals surface area contributed by atoms with Gasteiger partial charge in [0.05, 0.1) is 22.7 Å². The molecule has 0 amide bonds. The highest BCUT2D eigenvalue weighted by molar-refractivity contribution is 9.10. The molecule has 0 aliphatic carbocycles. The topological polar surface area (TPSA) is 69.6 Å². The Hall–Kier alpha value is -1.43. The van der Waals surface area contributed by atoms with Crippen LogP contribution in [0.5, 0.6) is 0 Å². The van der Waals surface area contributed by atoms with E-state index in [4.69, 9.17) is 5.73 Å². The van der Waals surface area contributed by atoms with Crippen LogP contribution in [0.15, 0.2) is 17.0 Å². The van der Waals surface area contributed by atoms with Crippen LogP contribution < -0.4 is 5.73 Å². The summed E-state index contributed by atoms with van der Waals surface area (Å²) in [6.07, 6.45) is 5.43. The molecule has 0 unspecified atom stereocenters. The summed E-state index contributed by atoms with van der Waals surface area (Å²) >= 11 is 3.44. The minimum Gasteiger partial charge on any atom is -0.383 e. The van der Waals surface area contributed by atoms with Crippen molar-refractivity contribution in [1.29, 1.82) is 0 Å². The summed E-state index contributed by atoms with van der Waals surface area (Å²) in [5.41, 5.74) is 7.77. The maximum atomic E-state index is 5.92. The van der Waals surface area contributed by atoms with Gasteiger partial charge in [-0.25, -0.2) is 15.0 Å². The minimum atomic E-state index is 0.479. The molecule has 2 rings (SSSR count). The third-order valence-corrected chi connectivity index (χ3v) is 3.58. The average molecular weight is 310 g/mol. The van der Waals surface area contributed by atoms with Gasteiger partial charge < -0.3 is 10.3 Å². The fourth-order valence-electron chi connectivity index (χ4n) is 1.79. The lowest BCUT2D eigenvalue weighted by Crippen LogP contribution is -2.05. The summed E-state index contributed by atoms with van der Waals surface area (Å²) in [6, 6.07) is 0. The van der Waals surface area contributed by atoms with E-state index < -0.39 is 0 Å². The molecule has 18 heavy (non-hydrogen) atoms. The second-order valence-corrected chi connectivity index (χ2v) is 4.80. The van der Waals surface area contributed by atoms with Gasteiger partial charge in [0.25, 0.3) is 0 Å². The molecule has 0 aromatic carbocycles. The second kappa shape index (κ2) is 5.48. The van der Waals surface area contributed by atoms with Crippen LogP contribution in [-0.2, 0) is 13.0 Å². The van der Waals surface area contributed by atoms with Crippen molar-refractivity contribution < 1.29 is 0 Å². The number of hydrogen-bond donors (Lipinski definition) is 1. The fourth-order valence-corrected chi connectivity index (χ4v) is 2.16. The first-order chi connectivity index (χ1) is 8.67. The van der Waals surface area contributed by atoms with Crippen LogP contribution in [0, 0.1) is 0 Å². The van der Waals surface area contributed by atoms with Crippen molar-refractivity contribution in [3.8, 4) is 11.5 Å². The number of anilines is 1. The van der Waals surface area contributed by atoms with E-state index in [1.807, 2.05) is 4.57 Å². The highest BCUT2D eigenvalue weighted by Crippen LogP contribution is 2.25. The van der Waals surface area contributed by atoms with Crippen molar-refractivity contribution in [1.82, 2.24) is 19.5 Å². The summed E-state index contributed by atoms with van der Waals surface area (Å²) in [7, 11) is 0. The van der Waals surface area contributed by atoms with E-state index in [1.165, 1.54) is 0 Å². The third-order valence-electron chi connectivity index (χ3n) is 2.71. The maximum absolute atomic E-state index is 5.92. The first-order valence-electron chi connectivity index (χ1n) is 5.99. The molecule has 0 fully saturated rings. The van der Waals surface area contributed by atoms with Crippen LogP contribution in [-0.4, -0.2) is 19.5 Å². The number of imidazole rings is 1. The Bertz CT molecular complexity index is 549. The number of aromatic nitrogens is 4. The zero-order valence-electron chi connectivity index (χ0n) is 10.5. The molecule has 2 aromatic rings. The molecule has 0 spiro atoms. The Morgan fingerprint density at radius 1 is 1.33 bits per heavy atom. The van der Waals surface area contributed by atoms with Gasteiger partial charge in [-0.2, -0.15) is 0 Å². The van der Waals surface area contributed by atoms with Crippen molar-refractivity contribution in [3.63, 3.8) is 0 Å². The molecule has 0 bridgehead atoms. The van der Waals surface area contributed by atoms with Crippen molar-refractivity contribution in [2.75, 3.05) is 5.73 Å². The number of hydrogen-bond acceptors (Lipinski definition) is 4. The van der Waals surface area contributed by atoms with Gasteiger partial charge in [-0.05, 0) is 29.3 Å². The number of nitrogens with two attached hydrogens (primary N) is 1. The second-order valence-electron chi connectivity index (χ2n) is 4.01. The van der Waals surface area contributed by atoms with Crippen LogP contribution in [0.4, 0.5) is 5.82 Å². The zero-order chi connectivity index (χ0) is 13.1. The zero-order valence-corrected chi connectivity index (χ0v) is 12.1. The molecule has 2 N–H and O–H groups in total. The van der Waals surface area contributed by atoms with E-state index in [0.29, 0.717) is 11.6 Å². The highest BCUT2D eigenvalue weighted by Gasteiger charge is 2.13. The molecule has 0 radical (unpaired) electrons. The maximum Gasteiger partial charge on any atom is 0.180 e. The van der Waals surface area contributed by atoms with Crippen LogP contribution >= 0.6 is 15.9 Å². The molecule has 0 aliphatic rings. The van der Waals surface area contributed by atoms with Gasteiger partial charge in [-0.3, -0.25) is 0 Å². The van der Waals surface area contributed by atoms with Crippen LogP contribution in [0.2, 0.25) is 0 Å². The summed E-state index contributed by atoms with van der Waals surface area (Å²) in [6.45, 7) is 5.00. The van der Waals surface area contributed by atoms with E-state index in [9.17, 15) is 0 Å². The molecule has 96 valence electrons. The average Bonchev–Trinajstić information content (AvgIpc) is 2.83. The quantitative estimate of drug-likeness (QED) is 0.942. The molecule has 6 heteroatoms. The Balaban J connectivity index is 2.52. The van der Waals surface area contributed by atoms with Gasteiger partial charge in [-0.15, -0.1) is 0 Å². The van der Waals surface area contributed by atoms with Gasteiger partial charge in [0, 0.05) is 6.54 Å². The van der Waals surface area contributed by atoms with Crippen molar-refractivity contribution in [2.45, 2.75) is 33.2 Å². The van der Waals surface area contributed by atoms with E-state index in [-0.39, 0.29) is 0 Å². The predicted octanol–water partition coefficient (Wildman–Crippen LogP) is 2.66. The lowest BCUT2D eigenvalue weighted by atomic mass is 10.2. The molecule has 2 aromatic heterocycles. The van der Waals surface area contributed by atoms with E-state index >= 15 is 0 Å². The number of nitrogen functional groups attached to an aromatic ring is 1. The number of rotatable bonds is 4. The predicted molar refractivity (Wildman–Crippen MR) is 75.0 cm³/mol. The lowest BCUT2D eigenvalue weighted by Gasteiger charge is -2.09. The van der Waals surface area contributed by atoms with E-state index in [2.05, 4.69) is 44.7 Å². The summed E-state index contributed by atoms with van der Waals surface area (Å²) in [4.78, 5) is 13.0. The molecule has 5 nitrogen and oxygen atoms in total. The molecular formula is C12H16BrN5. The van der Waals surface area contributed by atoms with Gasteiger partial charge in [0.1, 0.15) is 11.5 Å². The monoisotopic (exact) mass is 309 g/mol. The Morgan fingerprint density at radius 3 is 2.78 bits per heavy atom.